The van der Waals surface area contributed by atoms with E-state index >= 15 is 0 Å². The van der Waals surface area contributed by atoms with Gasteiger partial charge < -0.3 is 5.32 Å². The van der Waals surface area contributed by atoms with Crippen LogP contribution in [0.2, 0.25) is 10.0 Å². The number of carbonyl (C=O) groups is 1. The SMILES string of the molecule is C[C@H]1[C@H](C)CCC[C@@H]1NC(=O)C1CCN(S(=O)(=O)c2cc(Cl)ccc2Cl)CC1. The molecule has 156 valence electrons. The van der Waals surface area contributed by atoms with Gasteiger partial charge in [-0.05, 0) is 49.3 Å². The van der Waals surface area contributed by atoms with Gasteiger partial charge in [-0.15, -0.1) is 0 Å². The fraction of sp³-hybridized carbons (Fsp3) is 0.650. The van der Waals surface area contributed by atoms with Crippen LogP contribution in [0.4, 0.5) is 0 Å². The maximum absolute atomic E-state index is 12.9. The molecule has 0 bridgehead atoms. The number of carbonyl (C=O) groups excluding carboxylic acids is 1. The first-order valence-electron chi connectivity index (χ1n) is 9.95. The summed E-state index contributed by atoms with van der Waals surface area (Å²) in [5.74, 6) is 1.01. The minimum atomic E-state index is -3.72. The van der Waals surface area contributed by atoms with Gasteiger partial charge in [-0.3, -0.25) is 4.79 Å². The third-order valence-corrected chi connectivity index (χ3v) is 8.99. The number of hydrogen-bond donors (Lipinski definition) is 1. The van der Waals surface area contributed by atoms with E-state index in [1.165, 1.54) is 22.9 Å². The van der Waals surface area contributed by atoms with Gasteiger partial charge in [0.2, 0.25) is 15.9 Å². The Morgan fingerprint density at radius 3 is 2.46 bits per heavy atom. The Bertz CT molecular complexity index is 823. The van der Waals surface area contributed by atoms with Crippen LogP contribution in [0.1, 0.15) is 46.0 Å². The van der Waals surface area contributed by atoms with E-state index in [1.54, 1.807) is 6.07 Å². The minimum absolute atomic E-state index is 0.0228. The number of amides is 1. The van der Waals surface area contributed by atoms with Crippen molar-refractivity contribution >= 4 is 39.1 Å². The molecule has 2 aliphatic rings. The Balaban J connectivity index is 1.61. The number of rotatable bonds is 4. The highest BCUT2D eigenvalue weighted by atomic mass is 35.5. The topological polar surface area (TPSA) is 66.5 Å². The monoisotopic (exact) mass is 446 g/mol. The average Bonchev–Trinajstić information content (AvgIpc) is 2.67. The molecule has 1 saturated carbocycles. The lowest BCUT2D eigenvalue weighted by Gasteiger charge is -2.36. The van der Waals surface area contributed by atoms with Crippen LogP contribution in [0, 0.1) is 17.8 Å². The van der Waals surface area contributed by atoms with Gasteiger partial charge in [-0.1, -0.05) is 49.9 Å². The fourth-order valence-electron chi connectivity index (χ4n) is 4.26. The zero-order chi connectivity index (χ0) is 20.5. The maximum atomic E-state index is 12.9. The molecule has 28 heavy (non-hydrogen) atoms. The van der Waals surface area contributed by atoms with E-state index in [0.29, 0.717) is 42.8 Å². The van der Waals surface area contributed by atoms with Gasteiger partial charge in [0.05, 0.1) is 5.02 Å². The van der Waals surface area contributed by atoms with Gasteiger partial charge >= 0.3 is 0 Å². The van der Waals surface area contributed by atoms with Crippen LogP contribution < -0.4 is 5.32 Å². The first-order valence-corrected chi connectivity index (χ1v) is 12.2. The van der Waals surface area contributed by atoms with Crippen molar-refractivity contribution in [2.75, 3.05) is 13.1 Å². The third-order valence-electron chi connectivity index (χ3n) is 6.37. The quantitative estimate of drug-likeness (QED) is 0.747. The molecule has 0 radical (unpaired) electrons. The number of nitrogens with zero attached hydrogens (tertiary/aromatic N) is 1. The van der Waals surface area contributed by atoms with E-state index < -0.39 is 10.0 Å². The standard InChI is InChI=1S/C20H28Cl2N2O3S/c1-13-4-3-5-18(14(13)2)23-20(25)15-8-10-24(11-9-15)28(26,27)19-12-16(21)6-7-17(19)22/h6-7,12-15,18H,3-5,8-11H2,1-2H3,(H,23,25)/t13-,14+,18+/m1/s1. The van der Waals surface area contributed by atoms with E-state index in [-0.39, 0.29) is 27.8 Å². The second-order valence-electron chi connectivity index (χ2n) is 8.14. The lowest BCUT2D eigenvalue weighted by molar-refractivity contribution is -0.127. The van der Waals surface area contributed by atoms with Crippen LogP contribution >= 0.6 is 23.2 Å². The van der Waals surface area contributed by atoms with Gasteiger partial charge in [0.25, 0.3) is 0 Å². The second-order valence-corrected chi connectivity index (χ2v) is 10.9. The van der Waals surface area contributed by atoms with Crippen molar-refractivity contribution in [2.24, 2.45) is 17.8 Å². The lowest BCUT2D eigenvalue weighted by Crippen LogP contribution is -2.48. The van der Waals surface area contributed by atoms with E-state index in [2.05, 4.69) is 19.2 Å². The summed E-state index contributed by atoms with van der Waals surface area (Å²) in [6.07, 6.45) is 4.42. The summed E-state index contributed by atoms with van der Waals surface area (Å²) in [4.78, 5) is 12.7. The smallest absolute Gasteiger partial charge is 0.244 e. The summed E-state index contributed by atoms with van der Waals surface area (Å²) >= 11 is 12.0. The largest absolute Gasteiger partial charge is 0.353 e. The summed E-state index contributed by atoms with van der Waals surface area (Å²) in [6, 6.07) is 4.66. The number of sulfonamides is 1. The average molecular weight is 447 g/mol. The van der Waals surface area contributed by atoms with Crippen molar-refractivity contribution in [1.29, 1.82) is 0 Å². The highest BCUT2D eigenvalue weighted by molar-refractivity contribution is 7.89. The van der Waals surface area contributed by atoms with E-state index in [1.807, 2.05) is 0 Å². The number of benzene rings is 1. The van der Waals surface area contributed by atoms with Gasteiger partial charge in [-0.2, -0.15) is 4.31 Å². The Hall–Kier alpha value is -0.820. The van der Waals surface area contributed by atoms with Gasteiger partial charge in [0.15, 0.2) is 0 Å². The molecule has 8 heteroatoms. The highest BCUT2D eigenvalue weighted by Crippen LogP contribution is 2.32. The molecule has 0 spiro atoms. The molecule has 3 rings (SSSR count). The molecule has 5 nitrogen and oxygen atoms in total. The molecule has 1 heterocycles. The molecule has 1 amide bonds. The number of halogens is 2. The number of nitrogens with one attached hydrogen (secondary N) is 1. The molecule has 0 unspecified atom stereocenters. The minimum Gasteiger partial charge on any atom is -0.353 e. The third kappa shape index (κ3) is 4.66. The Labute approximate surface area is 177 Å². The second kappa shape index (κ2) is 8.90. The van der Waals surface area contributed by atoms with Crippen molar-refractivity contribution in [3.8, 4) is 0 Å². The van der Waals surface area contributed by atoms with Crippen LogP contribution in [0.25, 0.3) is 0 Å². The van der Waals surface area contributed by atoms with Crippen LogP contribution in [0.15, 0.2) is 23.1 Å². The maximum Gasteiger partial charge on any atom is 0.244 e. The highest BCUT2D eigenvalue weighted by Gasteiger charge is 2.35. The summed E-state index contributed by atoms with van der Waals surface area (Å²) in [7, 11) is -3.72. The molecule has 1 aliphatic carbocycles. The molecule has 1 aliphatic heterocycles. The zero-order valence-electron chi connectivity index (χ0n) is 16.3. The lowest BCUT2D eigenvalue weighted by atomic mass is 9.78. The van der Waals surface area contributed by atoms with E-state index in [4.69, 9.17) is 23.2 Å². The van der Waals surface area contributed by atoms with Crippen molar-refractivity contribution in [3.05, 3.63) is 28.2 Å². The van der Waals surface area contributed by atoms with Gasteiger partial charge in [0.1, 0.15) is 4.90 Å². The Kier molecular flexibility index (Phi) is 6.96. The van der Waals surface area contributed by atoms with Crippen LogP contribution in [0.5, 0.6) is 0 Å². The zero-order valence-corrected chi connectivity index (χ0v) is 18.7. The summed E-state index contributed by atoms with van der Waals surface area (Å²) < 4.78 is 27.2. The normalized spacial score (nSPS) is 27.5. The molecule has 0 aromatic heterocycles. The molecule has 1 aromatic rings. The molecule has 1 aromatic carbocycles. The van der Waals surface area contributed by atoms with Gasteiger partial charge in [0, 0.05) is 30.1 Å². The van der Waals surface area contributed by atoms with Crippen molar-refractivity contribution in [3.63, 3.8) is 0 Å². The summed E-state index contributed by atoms with van der Waals surface area (Å²) in [5, 5.41) is 3.71. The van der Waals surface area contributed by atoms with Gasteiger partial charge in [-0.25, -0.2) is 8.42 Å². The predicted molar refractivity (Wildman–Crippen MR) is 112 cm³/mol. The van der Waals surface area contributed by atoms with Crippen molar-refractivity contribution in [2.45, 2.75) is 56.9 Å². The molecule has 3 atom stereocenters. The number of hydrogen-bond acceptors (Lipinski definition) is 3. The summed E-state index contributed by atoms with van der Waals surface area (Å²) in [6.45, 7) is 5.06. The molecule has 2 fully saturated rings. The van der Waals surface area contributed by atoms with Crippen LogP contribution in [-0.4, -0.2) is 37.8 Å². The molecule has 1 saturated heterocycles. The number of piperidine rings is 1. The van der Waals surface area contributed by atoms with Crippen LogP contribution in [0.3, 0.4) is 0 Å². The first-order chi connectivity index (χ1) is 13.2. The molecular weight excluding hydrogens is 419 g/mol. The molecular formula is C20H28Cl2N2O3S. The summed E-state index contributed by atoms with van der Waals surface area (Å²) in [5.41, 5.74) is 0. The fourth-order valence-corrected chi connectivity index (χ4v) is 6.47. The van der Waals surface area contributed by atoms with Crippen molar-refractivity contribution in [1.82, 2.24) is 9.62 Å². The predicted octanol–water partition coefficient (Wildman–Crippen LogP) is 4.34. The molecule has 1 N–H and O–H groups in total. The van der Waals surface area contributed by atoms with E-state index in [0.717, 1.165) is 12.8 Å². The Morgan fingerprint density at radius 1 is 1.11 bits per heavy atom. The van der Waals surface area contributed by atoms with Crippen LogP contribution in [-0.2, 0) is 14.8 Å². The Morgan fingerprint density at radius 2 is 1.79 bits per heavy atom. The first kappa shape index (κ1) is 21.9. The van der Waals surface area contributed by atoms with Crippen molar-refractivity contribution < 1.29 is 13.2 Å². The van der Waals surface area contributed by atoms with E-state index in [9.17, 15) is 13.2 Å².